The molecule has 8 heteroatoms. The molecule has 0 unspecified atom stereocenters. The molecule has 0 saturated heterocycles. The summed E-state index contributed by atoms with van der Waals surface area (Å²) >= 11 is 0. The zero-order valence-electron chi connectivity index (χ0n) is 5.12. The van der Waals surface area contributed by atoms with Crippen molar-refractivity contribution in [3.05, 3.63) is 0 Å². The van der Waals surface area contributed by atoms with Crippen molar-refractivity contribution in [3.63, 3.8) is 0 Å². The summed E-state index contributed by atoms with van der Waals surface area (Å²) in [5, 5.41) is 0. The van der Waals surface area contributed by atoms with E-state index in [2.05, 4.69) is 0 Å². The van der Waals surface area contributed by atoms with Crippen molar-refractivity contribution in [2.45, 2.75) is 0 Å². The van der Waals surface area contributed by atoms with E-state index >= 15 is 0 Å². The van der Waals surface area contributed by atoms with Crippen LogP contribution in [0.15, 0.2) is 0 Å². The zero-order valence-corrected chi connectivity index (χ0v) is 14.0. The largest absolute Gasteiger partial charge is 1.00 e. The smallest absolute Gasteiger partial charge is 0.264 e. The molecule has 0 aliphatic rings. The topological polar surface area (TPSA) is 74.6 Å². The minimum Gasteiger partial charge on any atom is -0.264 e. The third-order valence-corrected chi connectivity index (χ3v) is 0. The van der Waals surface area contributed by atoms with Crippen molar-refractivity contribution in [1.82, 2.24) is 0 Å². The van der Waals surface area contributed by atoms with E-state index in [9.17, 15) is 0 Å². The van der Waals surface area contributed by atoms with Crippen LogP contribution >= 0.6 is 0 Å². The van der Waals surface area contributed by atoms with E-state index in [0.29, 0.717) is 0 Å². The second kappa shape index (κ2) is 10.9. The summed E-state index contributed by atoms with van der Waals surface area (Å²) < 4.78 is 31.6. The van der Waals surface area contributed by atoms with Crippen LogP contribution in [-0.2, 0) is 10.4 Å². The number of hydrogen-bond acceptors (Lipinski definition) is 2. The van der Waals surface area contributed by atoms with E-state index in [0.717, 1.165) is 0 Å². The summed E-state index contributed by atoms with van der Waals surface area (Å²) in [5.41, 5.74) is 0. The molecule has 0 heterocycles. The Morgan fingerprint density at radius 2 is 1.12 bits per heavy atom. The van der Waals surface area contributed by atoms with E-state index < -0.39 is 10.4 Å². The molecule has 0 rings (SSSR count). The van der Waals surface area contributed by atoms with Gasteiger partial charge in [-0.3, -0.25) is 9.11 Å². The van der Waals surface area contributed by atoms with E-state index in [1.54, 1.807) is 0 Å². The van der Waals surface area contributed by atoms with E-state index in [1.807, 2.05) is 0 Å². The number of hydrogen-bond donors (Lipinski definition) is 2. The molecule has 0 spiro atoms. The molecule has 0 aromatic rings. The molecule has 0 aliphatic carbocycles. The van der Waals surface area contributed by atoms with Gasteiger partial charge < -0.3 is 0 Å². The van der Waals surface area contributed by atoms with Crippen LogP contribution in [-0.4, -0.2) is 17.5 Å². The SMILES string of the molecule is O=S(=O)(O)O.[K+].[Li+].[Rb+]. The first-order valence-electron chi connectivity index (χ1n) is 0.698. The Bertz CT molecular complexity index is 99.2. The van der Waals surface area contributed by atoms with Gasteiger partial charge in [0, 0.05) is 0 Å². The maximum atomic E-state index is 8.74. The fourth-order valence-corrected chi connectivity index (χ4v) is 0. The molecule has 4 nitrogen and oxygen atoms in total. The van der Waals surface area contributed by atoms with Gasteiger partial charge in [-0.15, -0.1) is 0 Å². The van der Waals surface area contributed by atoms with Crippen molar-refractivity contribution in [2.24, 2.45) is 0 Å². The first-order valence-corrected chi connectivity index (χ1v) is 2.10. The van der Waals surface area contributed by atoms with Gasteiger partial charge in [0.25, 0.3) is 0 Å². The summed E-state index contributed by atoms with van der Waals surface area (Å²) in [6, 6.07) is 0. The average Bonchev–Trinajstić information content (AvgIpc) is 0.722. The van der Waals surface area contributed by atoms with Crippen LogP contribution in [0, 0.1) is 0 Å². The molecule has 0 radical (unpaired) electrons. The molecule has 0 aromatic carbocycles. The molecule has 2 N–H and O–H groups in total. The van der Waals surface area contributed by atoms with Gasteiger partial charge in [-0.05, 0) is 0 Å². The van der Waals surface area contributed by atoms with Crippen LogP contribution in [0.2, 0.25) is 0 Å². The van der Waals surface area contributed by atoms with Crippen LogP contribution in [0.3, 0.4) is 0 Å². The van der Waals surface area contributed by atoms with Gasteiger partial charge in [-0.2, -0.15) is 8.42 Å². The van der Waals surface area contributed by atoms with Crippen molar-refractivity contribution in [1.29, 1.82) is 0 Å². The van der Waals surface area contributed by atoms with Crippen LogP contribution in [0.1, 0.15) is 0 Å². The Morgan fingerprint density at radius 1 is 1.12 bits per heavy atom. The summed E-state index contributed by atoms with van der Waals surface area (Å²) in [5.74, 6) is 0. The van der Waals surface area contributed by atoms with Crippen LogP contribution in [0.25, 0.3) is 0 Å². The molecule has 0 aliphatic heterocycles. The van der Waals surface area contributed by atoms with E-state index in [1.165, 1.54) is 0 Å². The van der Waals surface area contributed by atoms with Crippen molar-refractivity contribution < 1.29 is 146 Å². The van der Waals surface area contributed by atoms with Crippen molar-refractivity contribution >= 4 is 10.4 Å². The third kappa shape index (κ3) is 51.5. The van der Waals surface area contributed by atoms with Gasteiger partial charge in [0.05, 0.1) is 0 Å². The first-order chi connectivity index (χ1) is 2.00. The normalized spacial score (nSPS) is 7.25. The third-order valence-electron chi connectivity index (χ3n) is 0. The predicted molar refractivity (Wildman–Crippen MR) is 14.2 cm³/mol. The summed E-state index contributed by atoms with van der Waals surface area (Å²) in [7, 11) is -4.67. The minimum atomic E-state index is -4.67. The zero-order chi connectivity index (χ0) is 4.50. The minimum absolute atomic E-state index is 0. The Balaban J connectivity index is -0.0000000267. The average molecular weight is 230 g/mol. The van der Waals surface area contributed by atoms with Gasteiger partial charge >= 0.3 is 139 Å². The fraction of sp³-hybridized carbons (Fsp3) is 0. The maximum Gasteiger partial charge on any atom is 1.00 e. The van der Waals surface area contributed by atoms with Gasteiger partial charge in [0.2, 0.25) is 0 Å². The molecule has 8 heavy (non-hydrogen) atoms. The second-order valence-electron chi connectivity index (χ2n) is 0.448. The summed E-state index contributed by atoms with van der Waals surface area (Å²) in [6.45, 7) is 0. The molecular formula is H2KLiO4RbS+3. The molecule has 0 bridgehead atoms. The molecule has 0 amide bonds. The van der Waals surface area contributed by atoms with Gasteiger partial charge in [0.1, 0.15) is 0 Å². The molecule has 0 aromatic heterocycles. The van der Waals surface area contributed by atoms with Gasteiger partial charge in [-0.25, -0.2) is 0 Å². The fourth-order valence-electron chi connectivity index (χ4n) is 0. The predicted octanol–water partition coefficient (Wildman–Crippen LogP) is -9.64. The van der Waals surface area contributed by atoms with Gasteiger partial charge in [-0.1, -0.05) is 0 Å². The Hall–Kier alpha value is 3.91. The number of rotatable bonds is 0. The Morgan fingerprint density at radius 3 is 1.12 bits per heavy atom. The molecule has 32 valence electrons. The van der Waals surface area contributed by atoms with E-state index in [4.69, 9.17) is 17.5 Å². The molecule has 0 atom stereocenters. The first kappa shape index (κ1) is 22.7. The molecule has 0 saturated carbocycles. The maximum absolute atomic E-state index is 8.74. The van der Waals surface area contributed by atoms with Gasteiger partial charge in [0.15, 0.2) is 0 Å². The van der Waals surface area contributed by atoms with Crippen LogP contribution in [0.4, 0.5) is 0 Å². The van der Waals surface area contributed by atoms with Crippen LogP contribution < -0.4 is 128 Å². The van der Waals surface area contributed by atoms with Crippen molar-refractivity contribution in [3.8, 4) is 0 Å². The Kier molecular flexibility index (Phi) is 30.9. The quantitative estimate of drug-likeness (QED) is 0.320. The Labute approximate surface area is 152 Å². The van der Waals surface area contributed by atoms with Crippen LogP contribution in [0.5, 0.6) is 0 Å². The van der Waals surface area contributed by atoms with Crippen molar-refractivity contribution in [2.75, 3.05) is 0 Å². The molecular weight excluding hydrogens is 228 g/mol. The summed E-state index contributed by atoms with van der Waals surface area (Å²) in [6.07, 6.45) is 0. The summed E-state index contributed by atoms with van der Waals surface area (Å²) in [4.78, 5) is 0. The van der Waals surface area contributed by atoms with E-state index in [-0.39, 0.29) is 128 Å². The standard InChI is InChI=1S/K.Li.H2O4S.Rb/c;;1-5(2,3)4;/h;;(H2,1,2,3,4);/q2*+1;;+1. The second-order valence-corrected chi connectivity index (χ2v) is 1.34. The monoisotopic (exact) mass is 229 g/mol. The molecule has 0 fully saturated rings.